The Kier molecular flexibility index (Phi) is 5.35. The molecule has 0 saturated carbocycles. The fourth-order valence-electron chi connectivity index (χ4n) is 1.74. The van der Waals surface area contributed by atoms with Gasteiger partial charge in [0.05, 0.1) is 4.91 Å². The van der Waals surface area contributed by atoms with Gasteiger partial charge in [0.25, 0.3) is 5.91 Å². The molecule has 1 heterocycles. The first kappa shape index (κ1) is 16.3. The summed E-state index contributed by atoms with van der Waals surface area (Å²) >= 11 is 6.41. The smallest absolute Gasteiger partial charge is 0.341 e. The predicted molar refractivity (Wildman–Crippen MR) is 89.6 cm³/mol. The zero-order valence-corrected chi connectivity index (χ0v) is 13.2. The standard InChI is InChI=1S/C15H13NO4S2/c1-2-7-16-14(19)12(22-15(16)21)8-10-3-5-11(6-4-10)20-9-13(17)18/h2-6,8H,1,7,9H2,(H,17,18)/b12-8-. The first-order valence-electron chi connectivity index (χ1n) is 6.32. The molecule has 114 valence electrons. The molecule has 1 aromatic rings. The maximum atomic E-state index is 12.2. The van der Waals surface area contributed by atoms with E-state index in [1.807, 2.05) is 0 Å². The van der Waals surface area contributed by atoms with E-state index in [2.05, 4.69) is 6.58 Å². The Morgan fingerprint density at radius 2 is 2.09 bits per heavy atom. The molecular weight excluding hydrogens is 322 g/mol. The normalized spacial score (nSPS) is 16.2. The molecular formula is C15H13NO4S2. The van der Waals surface area contributed by atoms with Crippen molar-refractivity contribution in [1.82, 2.24) is 4.90 Å². The van der Waals surface area contributed by atoms with E-state index in [9.17, 15) is 9.59 Å². The van der Waals surface area contributed by atoms with E-state index < -0.39 is 5.97 Å². The Morgan fingerprint density at radius 1 is 1.41 bits per heavy atom. The summed E-state index contributed by atoms with van der Waals surface area (Å²) < 4.78 is 5.56. The van der Waals surface area contributed by atoms with Gasteiger partial charge in [-0.05, 0) is 23.8 Å². The molecule has 1 N–H and O–H groups in total. The van der Waals surface area contributed by atoms with Gasteiger partial charge in [-0.3, -0.25) is 9.69 Å². The van der Waals surface area contributed by atoms with Crippen LogP contribution in [0.25, 0.3) is 6.08 Å². The van der Waals surface area contributed by atoms with Crippen LogP contribution in [0.5, 0.6) is 5.75 Å². The second-order valence-corrected chi connectivity index (χ2v) is 6.01. The van der Waals surface area contributed by atoms with Crippen LogP contribution in [0.4, 0.5) is 0 Å². The van der Waals surface area contributed by atoms with Crippen molar-refractivity contribution in [2.24, 2.45) is 0 Å². The van der Waals surface area contributed by atoms with Crippen molar-refractivity contribution in [1.29, 1.82) is 0 Å². The van der Waals surface area contributed by atoms with Crippen LogP contribution in [0.3, 0.4) is 0 Å². The molecule has 1 saturated heterocycles. The molecule has 1 aliphatic heterocycles. The summed E-state index contributed by atoms with van der Waals surface area (Å²) in [7, 11) is 0. The van der Waals surface area contributed by atoms with Crippen LogP contribution in [0.1, 0.15) is 5.56 Å². The van der Waals surface area contributed by atoms with Gasteiger partial charge in [0.1, 0.15) is 10.1 Å². The third-order valence-corrected chi connectivity index (χ3v) is 4.10. The number of amides is 1. The highest BCUT2D eigenvalue weighted by Crippen LogP contribution is 2.32. The third-order valence-electron chi connectivity index (χ3n) is 2.73. The molecule has 0 radical (unpaired) electrons. The van der Waals surface area contributed by atoms with Crippen LogP contribution in [0.2, 0.25) is 0 Å². The van der Waals surface area contributed by atoms with Gasteiger partial charge in [0.15, 0.2) is 6.61 Å². The topological polar surface area (TPSA) is 66.8 Å². The molecule has 1 amide bonds. The second kappa shape index (κ2) is 7.24. The molecule has 0 bridgehead atoms. The summed E-state index contributed by atoms with van der Waals surface area (Å²) in [6, 6.07) is 6.80. The van der Waals surface area contributed by atoms with Gasteiger partial charge in [0.2, 0.25) is 0 Å². The lowest BCUT2D eigenvalue weighted by molar-refractivity contribution is -0.139. The minimum atomic E-state index is -1.03. The van der Waals surface area contributed by atoms with Crippen molar-refractivity contribution >= 4 is 46.3 Å². The number of hydrogen-bond acceptors (Lipinski definition) is 5. The Bertz CT molecular complexity index is 652. The first-order valence-corrected chi connectivity index (χ1v) is 7.54. The van der Waals surface area contributed by atoms with Gasteiger partial charge in [-0.2, -0.15) is 0 Å². The van der Waals surface area contributed by atoms with Crippen LogP contribution in [-0.2, 0) is 9.59 Å². The predicted octanol–water partition coefficient (Wildman–Crippen LogP) is 2.54. The fourth-order valence-corrected chi connectivity index (χ4v) is 3.02. The second-order valence-electron chi connectivity index (χ2n) is 4.33. The van der Waals surface area contributed by atoms with E-state index in [-0.39, 0.29) is 12.5 Å². The maximum Gasteiger partial charge on any atom is 0.341 e. The summed E-state index contributed by atoms with van der Waals surface area (Å²) in [4.78, 5) is 24.6. The molecule has 0 atom stereocenters. The summed E-state index contributed by atoms with van der Waals surface area (Å²) in [5, 5.41) is 8.54. The number of aliphatic carboxylic acids is 1. The highest BCUT2D eigenvalue weighted by Gasteiger charge is 2.30. The molecule has 22 heavy (non-hydrogen) atoms. The number of nitrogens with zero attached hydrogens (tertiary/aromatic N) is 1. The molecule has 1 fully saturated rings. The number of carboxylic acid groups (broad SMARTS) is 1. The molecule has 0 spiro atoms. The molecule has 2 rings (SSSR count). The number of benzene rings is 1. The van der Waals surface area contributed by atoms with Crippen LogP contribution < -0.4 is 4.74 Å². The Labute approximate surface area is 137 Å². The molecule has 1 aliphatic rings. The number of thiocarbonyl (C=S) groups is 1. The number of hydrogen-bond donors (Lipinski definition) is 1. The van der Waals surface area contributed by atoms with Crippen molar-refractivity contribution in [2.45, 2.75) is 0 Å². The molecule has 0 aromatic heterocycles. The van der Waals surface area contributed by atoms with Crippen molar-refractivity contribution in [2.75, 3.05) is 13.2 Å². The molecule has 1 aromatic carbocycles. The first-order chi connectivity index (χ1) is 10.5. The quantitative estimate of drug-likeness (QED) is 0.489. The van der Waals surface area contributed by atoms with Crippen LogP contribution >= 0.6 is 24.0 Å². The minimum Gasteiger partial charge on any atom is -0.482 e. The Morgan fingerprint density at radius 3 is 2.68 bits per heavy atom. The van der Waals surface area contributed by atoms with E-state index in [1.165, 1.54) is 16.7 Å². The number of carbonyl (C=O) groups is 2. The summed E-state index contributed by atoms with van der Waals surface area (Å²) in [6.07, 6.45) is 3.37. The highest BCUT2D eigenvalue weighted by atomic mass is 32.2. The molecule has 0 unspecified atom stereocenters. The monoisotopic (exact) mass is 335 g/mol. The number of carboxylic acids is 1. The zero-order chi connectivity index (χ0) is 16.1. The van der Waals surface area contributed by atoms with E-state index in [4.69, 9.17) is 22.1 Å². The van der Waals surface area contributed by atoms with Gasteiger partial charge in [0, 0.05) is 6.54 Å². The van der Waals surface area contributed by atoms with Gasteiger partial charge >= 0.3 is 5.97 Å². The molecule has 7 heteroatoms. The lowest BCUT2D eigenvalue weighted by Crippen LogP contribution is -2.27. The highest BCUT2D eigenvalue weighted by molar-refractivity contribution is 8.26. The lowest BCUT2D eigenvalue weighted by atomic mass is 10.2. The van der Waals surface area contributed by atoms with Crippen LogP contribution in [0, 0.1) is 0 Å². The summed E-state index contributed by atoms with van der Waals surface area (Å²) in [5.74, 6) is -0.713. The fraction of sp³-hybridized carbons (Fsp3) is 0.133. The van der Waals surface area contributed by atoms with Crippen LogP contribution in [0.15, 0.2) is 41.8 Å². The van der Waals surface area contributed by atoms with Crippen molar-refractivity contribution in [3.63, 3.8) is 0 Å². The van der Waals surface area contributed by atoms with E-state index in [1.54, 1.807) is 36.4 Å². The average Bonchev–Trinajstić information content (AvgIpc) is 2.74. The van der Waals surface area contributed by atoms with Gasteiger partial charge in [-0.25, -0.2) is 4.79 Å². The largest absolute Gasteiger partial charge is 0.482 e. The number of thioether (sulfide) groups is 1. The van der Waals surface area contributed by atoms with Crippen molar-refractivity contribution < 1.29 is 19.4 Å². The number of rotatable bonds is 6. The summed E-state index contributed by atoms with van der Waals surface area (Å²) in [6.45, 7) is 3.61. The third kappa shape index (κ3) is 3.96. The average molecular weight is 335 g/mol. The van der Waals surface area contributed by atoms with Gasteiger partial charge in [-0.15, -0.1) is 6.58 Å². The lowest BCUT2D eigenvalue weighted by Gasteiger charge is -2.10. The van der Waals surface area contributed by atoms with E-state index in [0.29, 0.717) is 21.5 Å². The molecule has 0 aliphatic carbocycles. The Hall–Kier alpha value is -2.12. The Balaban J connectivity index is 2.09. The van der Waals surface area contributed by atoms with E-state index in [0.717, 1.165) is 5.56 Å². The maximum absolute atomic E-state index is 12.2. The van der Waals surface area contributed by atoms with Gasteiger partial charge < -0.3 is 9.84 Å². The number of ether oxygens (including phenoxy) is 1. The minimum absolute atomic E-state index is 0.138. The van der Waals surface area contributed by atoms with Crippen molar-refractivity contribution in [3.05, 3.63) is 47.4 Å². The molecule has 5 nitrogen and oxygen atoms in total. The van der Waals surface area contributed by atoms with Crippen molar-refractivity contribution in [3.8, 4) is 5.75 Å². The zero-order valence-electron chi connectivity index (χ0n) is 11.5. The summed E-state index contributed by atoms with van der Waals surface area (Å²) in [5.41, 5.74) is 0.807. The van der Waals surface area contributed by atoms with Gasteiger partial charge in [-0.1, -0.05) is 42.2 Å². The number of carbonyl (C=O) groups excluding carboxylic acids is 1. The van der Waals surface area contributed by atoms with Crippen LogP contribution in [-0.4, -0.2) is 39.4 Å². The SMILES string of the molecule is C=CCN1C(=O)/C(=C/c2ccc(OCC(=O)O)cc2)SC1=S. The van der Waals surface area contributed by atoms with E-state index >= 15 is 0 Å².